The van der Waals surface area contributed by atoms with Crippen molar-refractivity contribution in [3.63, 3.8) is 0 Å². The van der Waals surface area contributed by atoms with Crippen molar-refractivity contribution >= 4 is 17.9 Å². The highest BCUT2D eigenvalue weighted by Crippen LogP contribution is 2.15. The normalized spacial score (nSPS) is 12.9. The van der Waals surface area contributed by atoms with Gasteiger partial charge >= 0.3 is 17.9 Å². The van der Waals surface area contributed by atoms with Crippen LogP contribution in [0, 0.1) is 0 Å². The Morgan fingerprint density at radius 3 is 0.816 bits per heavy atom. The van der Waals surface area contributed by atoms with Crippen LogP contribution in [0.3, 0.4) is 0 Å². The standard InChI is InChI=1S/C70H116O6/c1-4-7-10-13-16-19-22-25-28-31-33-34-35-36-37-40-42-45-48-51-54-57-60-63-69(72)75-66-67(65-74-68(71)62-59-56-53-50-47-44-41-38-30-27-24-21-18-15-12-9-6-3)76-70(73)64-61-58-55-52-49-46-43-39-32-29-26-23-20-17-14-11-8-5-2/h7,9-10,12,16,18-19,21,25,27-30,32-34,36-37,41,44,67H,4-6,8,11,13-15,17,20,22-24,26,31,35,38-40,42-43,45-66H2,1-3H3/b10-7-,12-9-,19-16-,21-18-,28-25-,30-27-,32-29-,34-33-,37-36-,44-41-. The summed E-state index contributed by atoms with van der Waals surface area (Å²) in [6.07, 6.45) is 87.6. The van der Waals surface area contributed by atoms with Crippen molar-refractivity contribution in [3.05, 3.63) is 122 Å². The Balaban J connectivity index is 4.45. The molecule has 0 N–H and O–H groups in total. The van der Waals surface area contributed by atoms with Crippen LogP contribution in [0.25, 0.3) is 0 Å². The quantitative estimate of drug-likeness (QED) is 0.0261. The maximum absolute atomic E-state index is 12.9. The molecule has 0 aliphatic heterocycles. The highest BCUT2D eigenvalue weighted by molar-refractivity contribution is 5.71. The van der Waals surface area contributed by atoms with Crippen LogP contribution in [0.4, 0.5) is 0 Å². The molecule has 76 heavy (non-hydrogen) atoms. The van der Waals surface area contributed by atoms with Crippen LogP contribution in [-0.2, 0) is 28.6 Å². The fourth-order valence-corrected chi connectivity index (χ4v) is 8.51. The molecule has 1 unspecified atom stereocenters. The van der Waals surface area contributed by atoms with E-state index in [-0.39, 0.29) is 31.1 Å². The van der Waals surface area contributed by atoms with Gasteiger partial charge in [0.15, 0.2) is 6.10 Å². The fourth-order valence-electron chi connectivity index (χ4n) is 8.51. The molecule has 0 aromatic carbocycles. The average molecular weight is 1050 g/mol. The number of carbonyl (C=O) groups is 3. The first kappa shape index (κ1) is 71.8. The highest BCUT2D eigenvalue weighted by atomic mass is 16.6. The lowest BCUT2D eigenvalue weighted by Crippen LogP contribution is -2.30. The molecule has 0 fully saturated rings. The molecule has 1 atom stereocenters. The van der Waals surface area contributed by atoms with Crippen molar-refractivity contribution in [1.82, 2.24) is 0 Å². The number of rotatable bonds is 56. The zero-order chi connectivity index (χ0) is 55.0. The molecule has 0 amide bonds. The molecule has 6 heteroatoms. The van der Waals surface area contributed by atoms with E-state index in [2.05, 4.69) is 142 Å². The third-order valence-corrected chi connectivity index (χ3v) is 13.2. The number of unbranched alkanes of at least 4 members (excludes halogenated alkanes) is 25. The summed E-state index contributed by atoms with van der Waals surface area (Å²) < 4.78 is 16.9. The summed E-state index contributed by atoms with van der Waals surface area (Å²) in [4.78, 5) is 38.3. The summed E-state index contributed by atoms with van der Waals surface area (Å²) in [5.74, 6) is -0.930. The molecule has 0 radical (unpaired) electrons. The molecule has 0 aromatic rings. The Hall–Kier alpha value is -4.19. The van der Waals surface area contributed by atoms with E-state index in [9.17, 15) is 14.4 Å². The number of esters is 3. The lowest BCUT2D eigenvalue weighted by Gasteiger charge is -2.18. The summed E-state index contributed by atoms with van der Waals surface area (Å²) in [6.45, 7) is 6.39. The Bertz CT molecular complexity index is 1590. The van der Waals surface area contributed by atoms with Crippen LogP contribution in [0.5, 0.6) is 0 Å². The van der Waals surface area contributed by atoms with Crippen molar-refractivity contribution in [2.75, 3.05) is 13.2 Å². The van der Waals surface area contributed by atoms with Gasteiger partial charge in [0.25, 0.3) is 0 Å². The monoisotopic (exact) mass is 1050 g/mol. The molecule has 0 rings (SSSR count). The number of ether oxygens (including phenoxy) is 3. The maximum Gasteiger partial charge on any atom is 0.306 e. The summed E-state index contributed by atoms with van der Waals surface area (Å²) >= 11 is 0. The van der Waals surface area contributed by atoms with E-state index < -0.39 is 6.10 Å². The molecule has 0 aliphatic rings. The van der Waals surface area contributed by atoms with Gasteiger partial charge in [-0.2, -0.15) is 0 Å². The Labute approximate surface area is 469 Å². The fraction of sp³-hybridized carbons (Fsp3) is 0.671. The van der Waals surface area contributed by atoms with Gasteiger partial charge in [-0.1, -0.05) is 258 Å². The van der Waals surface area contributed by atoms with E-state index in [0.717, 1.165) is 135 Å². The van der Waals surface area contributed by atoms with Gasteiger partial charge in [0, 0.05) is 19.3 Å². The second-order valence-electron chi connectivity index (χ2n) is 20.5. The number of hydrogen-bond donors (Lipinski definition) is 0. The van der Waals surface area contributed by atoms with Crippen molar-refractivity contribution in [2.45, 2.75) is 290 Å². The smallest absolute Gasteiger partial charge is 0.306 e. The first-order valence-corrected chi connectivity index (χ1v) is 31.5. The van der Waals surface area contributed by atoms with E-state index >= 15 is 0 Å². The predicted molar refractivity (Wildman–Crippen MR) is 330 cm³/mol. The minimum absolute atomic E-state index is 0.0959. The Morgan fingerprint density at radius 1 is 0.276 bits per heavy atom. The summed E-state index contributed by atoms with van der Waals surface area (Å²) in [7, 11) is 0. The van der Waals surface area contributed by atoms with Crippen LogP contribution >= 0.6 is 0 Å². The highest BCUT2D eigenvalue weighted by Gasteiger charge is 2.19. The molecule has 0 bridgehead atoms. The van der Waals surface area contributed by atoms with Gasteiger partial charge in [-0.05, 0) is 128 Å². The van der Waals surface area contributed by atoms with E-state index in [0.29, 0.717) is 19.3 Å². The van der Waals surface area contributed by atoms with Crippen molar-refractivity contribution < 1.29 is 28.6 Å². The summed E-state index contributed by atoms with van der Waals surface area (Å²) in [6, 6.07) is 0. The van der Waals surface area contributed by atoms with Crippen LogP contribution in [0.15, 0.2) is 122 Å². The largest absolute Gasteiger partial charge is 0.462 e. The average Bonchev–Trinajstić information content (AvgIpc) is 3.42. The second kappa shape index (κ2) is 63.3. The van der Waals surface area contributed by atoms with Gasteiger partial charge in [0.1, 0.15) is 13.2 Å². The SMILES string of the molecule is CC/C=C\C/C=C\C/C=C\C/C=C\C/C=C\CCCCCCCCCC(=O)OCC(COC(=O)CCCCCC/C=C\C/C=C\C/C=C\C/C=C\CC)OC(=O)CCCCCCCCC/C=C\CCCCCCCCC. The van der Waals surface area contributed by atoms with Gasteiger partial charge in [0.2, 0.25) is 0 Å². The molecule has 0 saturated carbocycles. The molecule has 0 heterocycles. The minimum Gasteiger partial charge on any atom is -0.462 e. The van der Waals surface area contributed by atoms with E-state index in [1.165, 1.54) is 109 Å². The molecule has 0 aromatic heterocycles. The number of allylic oxidation sites excluding steroid dienone is 20. The van der Waals surface area contributed by atoms with Crippen LogP contribution in [0.1, 0.15) is 284 Å². The summed E-state index contributed by atoms with van der Waals surface area (Å²) in [5, 5.41) is 0. The van der Waals surface area contributed by atoms with Crippen molar-refractivity contribution in [3.8, 4) is 0 Å². The molecular weight excluding hydrogens is 937 g/mol. The van der Waals surface area contributed by atoms with Gasteiger partial charge in [-0.15, -0.1) is 0 Å². The number of carbonyl (C=O) groups excluding carboxylic acids is 3. The van der Waals surface area contributed by atoms with Crippen LogP contribution in [0.2, 0.25) is 0 Å². The zero-order valence-corrected chi connectivity index (χ0v) is 49.5. The maximum atomic E-state index is 12.9. The van der Waals surface area contributed by atoms with Crippen LogP contribution in [-0.4, -0.2) is 37.2 Å². The zero-order valence-electron chi connectivity index (χ0n) is 49.5. The Kier molecular flexibility index (Phi) is 59.9. The Morgan fingerprint density at radius 2 is 0.513 bits per heavy atom. The van der Waals surface area contributed by atoms with Crippen molar-refractivity contribution in [1.29, 1.82) is 0 Å². The second-order valence-corrected chi connectivity index (χ2v) is 20.5. The van der Waals surface area contributed by atoms with Gasteiger partial charge in [0.05, 0.1) is 0 Å². The van der Waals surface area contributed by atoms with Gasteiger partial charge in [-0.25, -0.2) is 0 Å². The van der Waals surface area contributed by atoms with E-state index in [1.54, 1.807) is 0 Å². The third-order valence-electron chi connectivity index (χ3n) is 13.2. The predicted octanol–water partition coefficient (Wildman–Crippen LogP) is 21.6. The molecule has 6 nitrogen and oxygen atoms in total. The van der Waals surface area contributed by atoms with Gasteiger partial charge < -0.3 is 14.2 Å². The van der Waals surface area contributed by atoms with Gasteiger partial charge in [-0.3, -0.25) is 14.4 Å². The van der Waals surface area contributed by atoms with Crippen molar-refractivity contribution in [2.24, 2.45) is 0 Å². The minimum atomic E-state index is -0.800. The molecular formula is C70H116O6. The van der Waals surface area contributed by atoms with E-state index in [1.807, 2.05) is 0 Å². The third kappa shape index (κ3) is 60.7. The molecule has 0 spiro atoms. The number of hydrogen-bond acceptors (Lipinski definition) is 6. The molecule has 0 saturated heterocycles. The van der Waals surface area contributed by atoms with E-state index in [4.69, 9.17) is 14.2 Å². The topological polar surface area (TPSA) is 78.9 Å². The first-order chi connectivity index (χ1) is 37.5. The lowest BCUT2D eigenvalue weighted by atomic mass is 10.1. The summed E-state index contributed by atoms with van der Waals surface area (Å²) in [5.41, 5.74) is 0. The first-order valence-electron chi connectivity index (χ1n) is 31.5. The molecule has 0 aliphatic carbocycles. The molecule has 432 valence electrons. The lowest BCUT2D eigenvalue weighted by molar-refractivity contribution is -0.167. The van der Waals surface area contributed by atoms with Crippen LogP contribution < -0.4 is 0 Å².